The van der Waals surface area contributed by atoms with Crippen LogP contribution in [0.2, 0.25) is 0 Å². The maximum Gasteiger partial charge on any atom is 0.217 e. The summed E-state index contributed by atoms with van der Waals surface area (Å²) in [6.07, 6.45) is 6.39. The number of primary amides is 1. The van der Waals surface area contributed by atoms with Crippen molar-refractivity contribution >= 4 is 12.0 Å². The molecule has 1 heterocycles. The summed E-state index contributed by atoms with van der Waals surface area (Å²) in [6, 6.07) is 5.96. The first kappa shape index (κ1) is 13.4. The summed E-state index contributed by atoms with van der Waals surface area (Å²) < 4.78 is 0. The van der Waals surface area contributed by atoms with E-state index in [1.165, 1.54) is 0 Å². The topological polar surface area (TPSA) is 56.0 Å². The van der Waals surface area contributed by atoms with Crippen LogP contribution in [-0.2, 0) is 4.79 Å². The standard InChI is InChI=1S/C14H20N2O/c1-11(9-10-14(15)17)5-3-7-13-8-4-6-12(2)16-13/h3-4,6-8,11H,5,9-10H2,1-2H3,(H2,15,17)/b7-3+/t11-/m1/s1. The lowest BCUT2D eigenvalue weighted by Gasteiger charge is -2.05. The molecule has 1 aromatic heterocycles. The molecule has 1 atom stereocenters. The molecule has 0 radical (unpaired) electrons. The molecule has 3 heteroatoms. The molecule has 0 aliphatic rings. The van der Waals surface area contributed by atoms with Crippen molar-refractivity contribution in [2.24, 2.45) is 11.7 Å². The number of aryl methyl sites for hydroxylation is 1. The molecule has 1 rings (SSSR count). The highest BCUT2D eigenvalue weighted by atomic mass is 16.1. The van der Waals surface area contributed by atoms with E-state index in [0.717, 1.165) is 24.2 Å². The first-order chi connectivity index (χ1) is 8.08. The summed E-state index contributed by atoms with van der Waals surface area (Å²) in [4.78, 5) is 15.0. The largest absolute Gasteiger partial charge is 0.370 e. The molecule has 0 fully saturated rings. The van der Waals surface area contributed by atoms with Crippen LogP contribution >= 0.6 is 0 Å². The van der Waals surface area contributed by atoms with Crippen molar-refractivity contribution in [2.75, 3.05) is 0 Å². The average Bonchev–Trinajstić information content (AvgIpc) is 2.26. The first-order valence-electron chi connectivity index (χ1n) is 5.96. The lowest BCUT2D eigenvalue weighted by atomic mass is 10.0. The fraction of sp³-hybridized carbons (Fsp3) is 0.429. The van der Waals surface area contributed by atoms with Gasteiger partial charge in [-0.05, 0) is 43.9 Å². The summed E-state index contributed by atoms with van der Waals surface area (Å²) in [5, 5.41) is 0. The smallest absolute Gasteiger partial charge is 0.217 e. The van der Waals surface area contributed by atoms with Crippen molar-refractivity contribution in [1.82, 2.24) is 4.98 Å². The second-order valence-electron chi connectivity index (χ2n) is 4.45. The zero-order valence-electron chi connectivity index (χ0n) is 10.5. The van der Waals surface area contributed by atoms with Gasteiger partial charge in [0, 0.05) is 12.1 Å². The maximum atomic E-state index is 10.6. The average molecular weight is 232 g/mol. The minimum absolute atomic E-state index is 0.221. The van der Waals surface area contributed by atoms with Crippen molar-refractivity contribution in [1.29, 1.82) is 0 Å². The number of rotatable bonds is 6. The second-order valence-corrected chi connectivity index (χ2v) is 4.45. The Labute approximate surface area is 103 Å². The number of hydrogen-bond acceptors (Lipinski definition) is 2. The molecule has 0 spiro atoms. The number of hydrogen-bond donors (Lipinski definition) is 1. The van der Waals surface area contributed by atoms with Crippen LogP contribution in [0.15, 0.2) is 24.3 Å². The Bertz CT molecular complexity index is 399. The van der Waals surface area contributed by atoms with E-state index in [0.29, 0.717) is 12.3 Å². The molecule has 0 aliphatic heterocycles. The van der Waals surface area contributed by atoms with Crippen LogP contribution in [0.25, 0.3) is 6.08 Å². The Morgan fingerprint density at radius 1 is 1.53 bits per heavy atom. The van der Waals surface area contributed by atoms with Crippen molar-refractivity contribution in [3.8, 4) is 0 Å². The normalized spacial score (nSPS) is 12.8. The molecule has 2 N–H and O–H groups in total. The molecule has 0 aliphatic carbocycles. The monoisotopic (exact) mass is 232 g/mol. The number of nitrogens with two attached hydrogens (primary N) is 1. The van der Waals surface area contributed by atoms with Crippen LogP contribution in [-0.4, -0.2) is 10.9 Å². The third-order valence-electron chi connectivity index (χ3n) is 2.62. The van der Waals surface area contributed by atoms with Gasteiger partial charge in [-0.1, -0.05) is 19.1 Å². The summed E-state index contributed by atoms with van der Waals surface area (Å²) >= 11 is 0. The highest BCUT2D eigenvalue weighted by Crippen LogP contribution is 2.11. The Morgan fingerprint density at radius 2 is 2.29 bits per heavy atom. The third-order valence-corrected chi connectivity index (χ3v) is 2.62. The molecule has 1 amide bonds. The number of carbonyl (C=O) groups is 1. The number of amides is 1. The zero-order chi connectivity index (χ0) is 12.7. The van der Waals surface area contributed by atoms with Crippen LogP contribution in [0.1, 0.15) is 37.6 Å². The van der Waals surface area contributed by atoms with Gasteiger partial charge < -0.3 is 5.73 Å². The van der Waals surface area contributed by atoms with Gasteiger partial charge in [-0.3, -0.25) is 9.78 Å². The van der Waals surface area contributed by atoms with E-state index in [9.17, 15) is 4.79 Å². The predicted molar refractivity (Wildman–Crippen MR) is 70.2 cm³/mol. The number of pyridine rings is 1. The quantitative estimate of drug-likeness (QED) is 0.819. The third kappa shape index (κ3) is 5.85. The molecular weight excluding hydrogens is 212 g/mol. The molecule has 0 unspecified atom stereocenters. The Hall–Kier alpha value is -1.64. The SMILES string of the molecule is Cc1cccc(/C=C/C[C@@H](C)CCC(N)=O)n1. The van der Waals surface area contributed by atoms with Gasteiger partial charge in [0.05, 0.1) is 5.69 Å². The minimum atomic E-state index is -0.221. The van der Waals surface area contributed by atoms with Crippen molar-refractivity contribution in [2.45, 2.75) is 33.1 Å². The highest BCUT2D eigenvalue weighted by Gasteiger charge is 2.02. The van der Waals surface area contributed by atoms with Crippen LogP contribution in [0.5, 0.6) is 0 Å². The predicted octanol–water partition coefficient (Wildman–Crippen LogP) is 2.69. The van der Waals surface area contributed by atoms with E-state index in [-0.39, 0.29) is 5.91 Å². The van der Waals surface area contributed by atoms with Gasteiger partial charge in [-0.25, -0.2) is 0 Å². The molecule has 0 saturated heterocycles. The van der Waals surface area contributed by atoms with Gasteiger partial charge in [0.2, 0.25) is 5.91 Å². The minimum Gasteiger partial charge on any atom is -0.370 e. The van der Waals surface area contributed by atoms with Gasteiger partial charge in [0.1, 0.15) is 0 Å². The van der Waals surface area contributed by atoms with Gasteiger partial charge in [-0.15, -0.1) is 0 Å². The Morgan fingerprint density at radius 3 is 2.94 bits per heavy atom. The number of nitrogens with zero attached hydrogens (tertiary/aromatic N) is 1. The van der Waals surface area contributed by atoms with E-state index in [1.54, 1.807) is 0 Å². The van der Waals surface area contributed by atoms with Crippen molar-refractivity contribution < 1.29 is 4.79 Å². The molecule has 0 bridgehead atoms. The Kier molecular flexibility index (Phi) is 5.40. The highest BCUT2D eigenvalue weighted by molar-refractivity contribution is 5.73. The molecular formula is C14H20N2O. The van der Waals surface area contributed by atoms with Crippen LogP contribution in [0, 0.1) is 12.8 Å². The summed E-state index contributed by atoms with van der Waals surface area (Å²) in [5.74, 6) is 0.254. The lowest BCUT2D eigenvalue weighted by Crippen LogP contribution is -2.11. The summed E-state index contributed by atoms with van der Waals surface area (Å²) in [6.45, 7) is 4.10. The summed E-state index contributed by atoms with van der Waals surface area (Å²) in [7, 11) is 0. The summed E-state index contributed by atoms with van der Waals surface area (Å²) in [5.41, 5.74) is 7.11. The van der Waals surface area contributed by atoms with Gasteiger partial charge in [0.15, 0.2) is 0 Å². The maximum absolute atomic E-state index is 10.6. The molecule has 3 nitrogen and oxygen atoms in total. The Balaban J connectivity index is 2.37. The first-order valence-corrected chi connectivity index (χ1v) is 5.96. The van der Waals surface area contributed by atoms with E-state index in [1.807, 2.05) is 31.2 Å². The zero-order valence-corrected chi connectivity index (χ0v) is 10.5. The molecule has 0 aromatic carbocycles. The van der Waals surface area contributed by atoms with Crippen molar-refractivity contribution in [3.05, 3.63) is 35.7 Å². The van der Waals surface area contributed by atoms with E-state index in [2.05, 4.69) is 18.0 Å². The van der Waals surface area contributed by atoms with Crippen molar-refractivity contribution in [3.63, 3.8) is 0 Å². The van der Waals surface area contributed by atoms with E-state index >= 15 is 0 Å². The fourth-order valence-electron chi connectivity index (χ4n) is 1.58. The van der Waals surface area contributed by atoms with Gasteiger partial charge >= 0.3 is 0 Å². The molecule has 1 aromatic rings. The lowest BCUT2D eigenvalue weighted by molar-refractivity contribution is -0.118. The van der Waals surface area contributed by atoms with Crippen LogP contribution in [0.4, 0.5) is 0 Å². The number of allylic oxidation sites excluding steroid dienone is 1. The molecule has 17 heavy (non-hydrogen) atoms. The second kappa shape index (κ2) is 6.84. The number of aromatic nitrogens is 1. The molecule has 92 valence electrons. The van der Waals surface area contributed by atoms with Gasteiger partial charge in [-0.2, -0.15) is 0 Å². The van der Waals surface area contributed by atoms with Gasteiger partial charge in [0.25, 0.3) is 0 Å². The fourth-order valence-corrected chi connectivity index (χ4v) is 1.58. The number of carbonyl (C=O) groups excluding carboxylic acids is 1. The molecule has 0 saturated carbocycles. The van der Waals surface area contributed by atoms with Crippen LogP contribution in [0.3, 0.4) is 0 Å². The van der Waals surface area contributed by atoms with E-state index < -0.39 is 0 Å². The van der Waals surface area contributed by atoms with E-state index in [4.69, 9.17) is 5.73 Å². The van der Waals surface area contributed by atoms with Crippen LogP contribution < -0.4 is 5.73 Å².